The molecular formula is C13H27NO2. The molecule has 0 saturated heterocycles. The molecule has 0 bridgehead atoms. The predicted octanol–water partition coefficient (Wildman–Crippen LogP) is 2.84. The normalized spacial score (nSPS) is 10.8. The Kier molecular flexibility index (Phi) is 10.5. The predicted molar refractivity (Wildman–Crippen MR) is 67.5 cm³/mol. The largest absolute Gasteiger partial charge is 0.465 e. The number of unbranched alkanes of at least 4 members (excludes halogenated alkanes) is 2. The average Bonchev–Trinajstić information content (AvgIpc) is 2.25. The molecule has 0 aromatic carbocycles. The van der Waals surface area contributed by atoms with E-state index >= 15 is 0 Å². The first-order valence-corrected chi connectivity index (χ1v) is 6.62. The van der Waals surface area contributed by atoms with Crippen molar-refractivity contribution in [2.45, 2.75) is 52.9 Å². The standard InChI is InChI=1S/C13H27NO2/c1-4-7-8-11-16-13(15)12-14(9-5-2)10-6-3/h4-12H2,1-3H3. The zero-order valence-corrected chi connectivity index (χ0v) is 11.1. The van der Waals surface area contributed by atoms with Crippen molar-refractivity contribution in [3.05, 3.63) is 0 Å². The molecule has 3 nitrogen and oxygen atoms in total. The lowest BCUT2D eigenvalue weighted by Crippen LogP contribution is -2.32. The van der Waals surface area contributed by atoms with Crippen LogP contribution < -0.4 is 0 Å². The van der Waals surface area contributed by atoms with Crippen molar-refractivity contribution >= 4 is 5.97 Å². The molecule has 0 aliphatic heterocycles. The van der Waals surface area contributed by atoms with Gasteiger partial charge in [0.2, 0.25) is 0 Å². The summed E-state index contributed by atoms with van der Waals surface area (Å²) < 4.78 is 5.19. The molecular weight excluding hydrogens is 202 g/mol. The summed E-state index contributed by atoms with van der Waals surface area (Å²) in [5.74, 6) is -0.0713. The van der Waals surface area contributed by atoms with Crippen LogP contribution in [-0.2, 0) is 9.53 Å². The third-order valence-corrected chi connectivity index (χ3v) is 2.44. The zero-order valence-electron chi connectivity index (χ0n) is 11.1. The number of rotatable bonds is 10. The molecule has 0 rings (SSSR count). The maximum absolute atomic E-state index is 11.5. The zero-order chi connectivity index (χ0) is 12.2. The van der Waals surface area contributed by atoms with Gasteiger partial charge in [0.15, 0.2) is 0 Å². The lowest BCUT2D eigenvalue weighted by atomic mass is 10.3. The minimum Gasteiger partial charge on any atom is -0.465 e. The maximum atomic E-state index is 11.5. The van der Waals surface area contributed by atoms with Gasteiger partial charge in [-0.25, -0.2) is 0 Å². The summed E-state index contributed by atoms with van der Waals surface area (Å²) >= 11 is 0. The fourth-order valence-corrected chi connectivity index (χ4v) is 1.67. The average molecular weight is 229 g/mol. The molecule has 0 aliphatic carbocycles. The van der Waals surface area contributed by atoms with Gasteiger partial charge in [-0.1, -0.05) is 33.6 Å². The van der Waals surface area contributed by atoms with Crippen LogP contribution in [0.4, 0.5) is 0 Å². The molecule has 0 heterocycles. The first kappa shape index (κ1) is 15.4. The molecule has 3 heteroatoms. The van der Waals surface area contributed by atoms with Gasteiger partial charge in [0, 0.05) is 0 Å². The minimum atomic E-state index is -0.0713. The van der Waals surface area contributed by atoms with Gasteiger partial charge in [0.05, 0.1) is 13.2 Å². The SMILES string of the molecule is CCCCCOC(=O)CN(CCC)CCC. The molecule has 0 saturated carbocycles. The molecule has 0 atom stereocenters. The fourth-order valence-electron chi connectivity index (χ4n) is 1.67. The number of carbonyl (C=O) groups excluding carboxylic acids is 1. The van der Waals surface area contributed by atoms with Crippen molar-refractivity contribution in [3.8, 4) is 0 Å². The number of ether oxygens (including phenoxy) is 1. The monoisotopic (exact) mass is 229 g/mol. The molecule has 0 unspecified atom stereocenters. The molecule has 0 spiro atoms. The molecule has 96 valence electrons. The van der Waals surface area contributed by atoms with Crippen molar-refractivity contribution in [2.75, 3.05) is 26.2 Å². The molecule has 0 amide bonds. The topological polar surface area (TPSA) is 29.5 Å². The van der Waals surface area contributed by atoms with Gasteiger partial charge in [-0.3, -0.25) is 9.69 Å². The van der Waals surface area contributed by atoms with E-state index in [0.29, 0.717) is 13.2 Å². The van der Waals surface area contributed by atoms with Crippen LogP contribution in [0.3, 0.4) is 0 Å². The minimum absolute atomic E-state index is 0.0713. The van der Waals surface area contributed by atoms with Gasteiger partial charge < -0.3 is 4.74 Å². The highest BCUT2D eigenvalue weighted by molar-refractivity contribution is 5.71. The van der Waals surface area contributed by atoms with Gasteiger partial charge in [-0.15, -0.1) is 0 Å². The number of carbonyl (C=O) groups is 1. The summed E-state index contributed by atoms with van der Waals surface area (Å²) in [6, 6.07) is 0. The van der Waals surface area contributed by atoms with Gasteiger partial charge in [-0.2, -0.15) is 0 Å². The summed E-state index contributed by atoms with van der Waals surface area (Å²) in [6.07, 6.45) is 5.46. The maximum Gasteiger partial charge on any atom is 0.320 e. The Hall–Kier alpha value is -0.570. The van der Waals surface area contributed by atoms with Crippen LogP contribution in [0.25, 0.3) is 0 Å². The quantitative estimate of drug-likeness (QED) is 0.426. The van der Waals surface area contributed by atoms with E-state index in [1.165, 1.54) is 0 Å². The van der Waals surface area contributed by atoms with Gasteiger partial charge in [-0.05, 0) is 32.4 Å². The van der Waals surface area contributed by atoms with Crippen LogP contribution >= 0.6 is 0 Å². The highest BCUT2D eigenvalue weighted by Crippen LogP contribution is 1.98. The lowest BCUT2D eigenvalue weighted by molar-refractivity contribution is -0.145. The highest BCUT2D eigenvalue weighted by Gasteiger charge is 2.09. The second kappa shape index (κ2) is 10.9. The van der Waals surface area contributed by atoms with Crippen LogP contribution in [0.1, 0.15) is 52.9 Å². The third-order valence-electron chi connectivity index (χ3n) is 2.44. The first-order chi connectivity index (χ1) is 7.74. The second-order valence-electron chi connectivity index (χ2n) is 4.20. The Morgan fingerprint density at radius 2 is 1.62 bits per heavy atom. The van der Waals surface area contributed by atoms with Crippen molar-refractivity contribution in [1.29, 1.82) is 0 Å². The molecule has 0 aromatic rings. The van der Waals surface area contributed by atoms with Crippen molar-refractivity contribution in [3.63, 3.8) is 0 Å². The van der Waals surface area contributed by atoms with Crippen LogP contribution in [-0.4, -0.2) is 37.1 Å². The molecule has 0 radical (unpaired) electrons. The number of hydrogen-bond donors (Lipinski definition) is 0. The summed E-state index contributed by atoms with van der Waals surface area (Å²) in [5, 5.41) is 0. The van der Waals surface area contributed by atoms with E-state index in [-0.39, 0.29) is 5.97 Å². The van der Waals surface area contributed by atoms with E-state index in [1.54, 1.807) is 0 Å². The van der Waals surface area contributed by atoms with E-state index in [2.05, 4.69) is 25.7 Å². The van der Waals surface area contributed by atoms with Crippen molar-refractivity contribution in [1.82, 2.24) is 4.90 Å². The Balaban J connectivity index is 3.63. The number of esters is 1. The summed E-state index contributed by atoms with van der Waals surface area (Å²) in [7, 11) is 0. The smallest absolute Gasteiger partial charge is 0.320 e. The van der Waals surface area contributed by atoms with E-state index in [4.69, 9.17) is 4.74 Å². The molecule has 16 heavy (non-hydrogen) atoms. The van der Waals surface area contributed by atoms with Gasteiger partial charge in [0.1, 0.15) is 0 Å². The van der Waals surface area contributed by atoms with E-state index < -0.39 is 0 Å². The third kappa shape index (κ3) is 8.72. The summed E-state index contributed by atoms with van der Waals surface area (Å²) in [5.41, 5.74) is 0. The van der Waals surface area contributed by atoms with E-state index in [9.17, 15) is 4.79 Å². The number of hydrogen-bond acceptors (Lipinski definition) is 3. The Morgan fingerprint density at radius 1 is 1.00 bits per heavy atom. The van der Waals surface area contributed by atoms with Crippen molar-refractivity contribution in [2.24, 2.45) is 0 Å². The highest BCUT2D eigenvalue weighted by atomic mass is 16.5. The number of nitrogens with zero attached hydrogens (tertiary/aromatic N) is 1. The van der Waals surface area contributed by atoms with Crippen LogP contribution in [0.2, 0.25) is 0 Å². The fraction of sp³-hybridized carbons (Fsp3) is 0.923. The summed E-state index contributed by atoms with van der Waals surface area (Å²) in [6.45, 7) is 9.42. The van der Waals surface area contributed by atoms with E-state index in [0.717, 1.165) is 45.2 Å². The Morgan fingerprint density at radius 3 is 2.12 bits per heavy atom. The van der Waals surface area contributed by atoms with E-state index in [1.807, 2.05) is 0 Å². The molecule has 0 aliphatic rings. The first-order valence-electron chi connectivity index (χ1n) is 6.62. The Bertz CT molecular complexity index is 165. The van der Waals surface area contributed by atoms with Crippen LogP contribution in [0, 0.1) is 0 Å². The lowest BCUT2D eigenvalue weighted by Gasteiger charge is -2.19. The molecule has 0 fully saturated rings. The van der Waals surface area contributed by atoms with Gasteiger partial charge in [0.25, 0.3) is 0 Å². The molecule has 0 N–H and O–H groups in total. The van der Waals surface area contributed by atoms with Crippen molar-refractivity contribution < 1.29 is 9.53 Å². The second-order valence-corrected chi connectivity index (χ2v) is 4.20. The van der Waals surface area contributed by atoms with Crippen LogP contribution in [0.15, 0.2) is 0 Å². The summed E-state index contributed by atoms with van der Waals surface area (Å²) in [4.78, 5) is 13.7. The Labute approximate surface area is 100 Å². The molecule has 0 aromatic heterocycles. The van der Waals surface area contributed by atoms with Crippen LogP contribution in [0.5, 0.6) is 0 Å². The van der Waals surface area contributed by atoms with Gasteiger partial charge >= 0.3 is 5.97 Å².